The minimum Gasteiger partial charge on any atom is -0.383 e. The van der Waals surface area contributed by atoms with E-state index in [2.05, 4.69) is 15.9 Å². The number of hydrogen-bond acceptors (Lipinski definition) is 2. The molecule has 1 aromatic rings. The van der Waals surface area contributed by atoms with Crippen LogP contribution in [-0.4, -0.2) is 16.5 Å². The fraction of sp³-hybridized carbons (Fsp3) is 0.364. The van der Waals surface area contributed by atoms with Gasteiger partial charge in [-0.05, 0) is 37.6 Å². The lowest BCUT2D eigenvalue weighted by atomic mass is 9.97. The minimum absolute atomic E-state index is 0.171. The molecule has 0 atom stereocenters. The highest BCUT2D eigenvalue weighted by molar-refractivity contribution is 9.10. The SMILES string of the molecule is CC(C)(O)C(=O)Cc1cc(Cl)ccc1Br. The normalized spacial score (nSPS) is 11.5. The van der Waals surface area contributed by atoms with Crippen molar-refractivity contribution in [3.8, 4) is 0 Å². The first-order valence-electron chi connectivity index (χ1n) is 4.50. The predicted octanol–water partition coefficient (Wildman–Crippen LogP) is 2.99. The maximum atomic E-state index is 11.6. The summed E-state index contributed by atoms with van der Waals surface area (Å²) in [6.45, 7) is 2.96. The largest absolute Gasteiger partial charge is 0.383 e. The lowest BCUT2D eigenvalue weighted by Gasteiger charge is -2.15. The van der Waals surface area contributed by atoms with Gasteiger partial charge in [-0.2, -0.15) is 0 Å². The molecule has 0 fully saturated rings. The maximum Gasteiger partial charge on any atom is 0.168 e. The second-order valence-electron chi connectivity index (χ2n) is 3.89. The highest BCUT2D eigenvalue weighted by Crippen LogP contribution is 2.23. The van der Waals surface area contributed by atoms with Gasteiger partial charge in [0.05, 0.1) is 0 Å². The van der Waals surface area contributed by atoms with Crippen LogP contribution in [0.5, 0.6) is 0 Å². The number of hydrogen-bond donors (Lipinski definition) is 1. The summed E-state index contributed by atoms with van der Waals surface area (Å²) in [4.78, 5) is 11.6. The van der Waals surface area contributed by atoms with E-state index in [-0.39, 0.29) is 12.2 Å². The predicted molar refractivity (Wildman–Crippen MR) is 64.2 cm³/mol. The molecule has 15 heavy (non-hydrogen) atoms. The molecule has 1 aromatic carbocycles. The van der Waals surface area contributed by atoms with Crippen LogP contribution in [0.3, 0.4) is 0 Å². The molecule has 0 aliphatic rings. The summed E-state index contributed by atoms with van der Waals surface area (Å²) in [5.41, 5.74) is -0.517. The van der Waals surface area contributed by atoms with Crippen molar-refractivity contribution in [1.82, 2.24) is 0 Å². The Hall–Kier alpha value is -0.380. The van der Waals surface area contributed by atoms with Crippen molar-refractivity contribution < 1.29 is 9.90 Å². The minimum atomic E-state index is -1.30. The monoisotopic (exact) mass is 290 g/mol. The number of aliphatic hydroxyl groups is 1. The Morgan fingerprint density at radius 2 is 2.13 bits per heavy atom. The van der Waals surface area contributed by atoms with Gasteiger partial charge in [0.15, 0.2) is 5.78 Å². The van der Waals surface area contributed by atoms with Crippen molar-refractivity contribution in [2.45, 2.75) is 25.9 Å². The Morgan fingerprint density at radius 3 is 2.67 bits per heavy atom. The average Bonchev–Trinajstić information content (AvgIpc) is 2.09. The molecular formula is C11H12BrClO2. The third-order valence-corrected chi connectivity index (χ3v) is 3.05. The van der Waals surface area contributed by atoms with Crippen LogP contribution in [0.4, 0.5) is 0 Å². The molecule has 0 spiro atoms. The average molecular weight is 292 g/mol. The summed E-state index contributed by atoms with van der Waals surface area (Å²) >= 11 is 9.15. The molecular weight excluding hydrogens is 279 g/mol. The fourth-order valence-electron chi connectivity index (χ4n) is 1.07. The van der Waals surface area contributed by atoms with Crippen LogP contribution < -0.4 is 0 Å². The molecule has 0 heterocycles. The van der Waals surface area contributed by atoms with Gasteiger partial charge in [-0.3, -0.25) is 4.79 Å². The van der Waals surface area contributed by atoms with E-state index in [1.54, 1.807) is 18.2 Å². The second-order valence-corrected chi connectivity index (χ2v) is 5.19. The van der Waals surface area contributed by atoms with Crippen molar-refractivity contribution in [1.29, 1.82) is 0 Å². The Balaban J connectivity index is 2.90. The Bertz CT molecular complexity index is 383. The molecule has 0 bridgehead atoms. The second kappa shape index (κ2) is 4.64. The first kappa shape index (κ1) is 12.7. The molecule has 2 nitrogen and oxygen atoms in total. The summed E-state index contributed by atoms with van der Waals surface area (Å²) < 4.78 is 0.824. The van der Waals surface area contributed by atoms with Crippen LogP contribution in [0, 0.1) is 0 Å². The van der Waals surface area contributed by atoms with Gasteiger partial charge in [0.1, 0.15) is 5.60 Å². The van der Waals surface area contributed by atoms with Gasteiger partial charge in [0.25, 0.3) is 0 Å². The number of carbonyl (C=O) groups excluding carboxylic acids is 1. The van der Waals surface area contributed by atoms with E-state index in [1.807, 2.05) is 0 Å². The number of benzene rings is 1. The zero-order chi connectivity index (χ0) is 11.6. The van der Waals surface area contributed by atoms with Gasteiger partial charge in [0, 0.05) is 15.9 Å². The zero-order valence-corrected chi connectivity index (χ0v) is 10.9. The number of rotatable bonds is 3. The zero-order valence-electron chi connectivity index (χ0n) is 8.55. The molecule has 0 aliphatic heterocycles. The van der Waals surface area contributed by atoms with Gasteiger partial charge < -0.3 is 5.11 Å². The van der Waals surface area contributed by atoms with Gasteiger partial charge >= 0.3 is 0 Å². The molecule has 0 aromatic heterocycles. The first-order chi connectivity index (χ1) is 6.80. The van der Waals surface area contributed by atoms with Gasteiger partial charge in [0.2, 0.25) is 0 Å². The van der Waals surface area contributed by atoms with E-state index in [0.717, 1.165) is 10.0 Å². The van der Waals surface area contributed by atoms with Crippen LogP contribution in [0.25, 0.3) is 0 Å². The standard InChI is InChI=1S/C11H12BrClO2/c1-11(2,15)10(14)6-7-5-8(13)3-4-9(7)12/h3-5,15H,6H2,1-2H3. The Morgan fingerprint density at radius 1 is 1.53 bits per heavy atom. The molecule has 0 aliphatic carbocycles. The lowest BCUT2D eigenvalue weighted by Crippen LogP contribution is -2.32. The van der Waals surface area contributed by atoms with Crippen LogP contribution in [0.15, 0.2) is 22.7 Å². The molecule has 0 saturated carbocycles. The molecule has 82 valence electrons. The summed E-state index contributed by atoms with van der Waals surface area (Å²) in [5.74, 6) is -0.231. The highest BCUT2D eigenvalue weighted by atomic mass is 79.9. The number of halogens is 2. The highest BCUT2D eigenvalue weighted by Gasteiger charge is 2.24. The van der Waals surface area contributed by atoms with E-state index in [9.17, 15) is 9.90 Å². The molecule has 0 saturated heterocycles. The topological polar surface area (TPSA) is 37.3 Å². The smallest absolute Gasteiger partial charge is 0.168 e. The molecule has 0 radical (unpaired) electrons. The molecule has 1 rings (SSSR count). The van der Waals surface area contributed by atoms with Crippen LogP contribution in [-0.2, 0) is 11.2 Å². The Kier molecular flexibility index (Phi) is 3.93. The quantitative estimate of drug-likeness (QED) is 0.929. The third kappa shape index (κ3) is 3.59. The summed E-state index contributed by atoms with van der Waals surface area (Å²) in [7, 11) is 0. The molecule has 0 amide bonds. The molecule has 0 unspecified atom stereocenters. The summed E-state index contributed by atoms with van der Waals surface area (Å²) in [6, 6.07) is 5.24. The summed E-state index contributed by atoms with van der Waals surface area (Å²) in [6.07, 6.45) is 0.171. The van der Waals surface area contributed by atoms with Crippen molar-refractivity contribution in [2.75, 3.05) is 0 Å². The van der Waals surface area contributed by atoms with Crippen LogP contribution in [0.2, 0.25) is 5.02 Å². The number of carbonyl (C=O) groups is 1. The van der Waals surface area contributed by atoms with Crippen molar-refractivity contribution in [2.24, 2.45) is 0 Å². The summed E-state index contributed by atoms with van der Waals surface area (Å²) in [5, 5.41) is 10.1. The number of ketones is 1. The van der Waals surface area contributed by atoms with E-state index in [4.69, 9.17) is 11.6 Å². The molecule has 4 heteroatoms. The van der Waals surface area contributed by atoms with Crippen LogP contribution >= 0.6 is 27.5 Å². The van der Waals surface area contributed by atoms with E-state index in [1.165, 1.54) is 13.8 Å². The fourth-order valence-corrected chi connectivity index (χ4v) is 1.65. The lowest BCUT2D eigenvalue weighted by molar-refractivity contribution is -0.133. The maximum absolute atomic E-state index is 11.6. The van der Waals surface area contributed by atoms with E-state index in [0.29, 0.717) is 5.02 Å². The van der Waals surface area contributed by atoms with Crippen molar-refractivity contribution >= 4 is 33.3 Å². The van der Waals surface area contributed by atoms with Crippen LogP contribution in [0.1, 0.15) is 19.4 Å². The van der Waals surface area contributed by atoms with Crippen molar-refractivity contribution in [3.63, 3.8) is 0 Å². The number of Topliss-reactive ketones (excluding diaryl/α,β-unsaturated/α-hetero) is 1. The van der Waals surface area contributed by atoms with Crippen molar-refractivity contribution in [3.05, 3.63) is 33.3 Å². The third-order valence-electron chi connectivity index (χ3n) is 2.04. The Labute approximate surface area is 102 Å². The van der Waals surface area contributed by atoms with E-state index >= 15 is 0 Å². The first-order valence-corrected chi connectivity index (χ1v) is 5.67. The van der Waals surface area contributed by atoms with Gasteiger partial charge in [-0.25, -0.2) is 0 Å². The van der Waals surface area contributed by atoms with Gasteiger partial charge in [-0.15, -0.1) is 0 Å². The molecule has 1 N–H and O–H groups in total. The van der Waals surface area contributed by atoms with E-state index < -0.39 is 5.60 Å². The van der Waals surface area contributed by atoms with Gasteiger partial charge in [-0.1, -0.05) is 27.5 Å².